The van der Waals surface area contributed by atoms with Crippen molar-refractivity contribution in [1.29, 1.82) is 0 Å². The van der Waals surface area contributed by atoms with Gasteiger partial charge in [0.1, 0.15) is 23.0 Å². The maximum absolute atomic E-state index is 8.78. The average Bonchev–Trinajstić information content (AvgIpc) is 0.865. The first-order chi connectivity index (χ1) is 53.7. The van der Waals surface area contributed by atoms with Crippen LogP contribution in [0.25, 0.3) is 44.5 Å². The molecule has 4 aliphatic carbocycles. The average molecular weight is 1440 g/mol. The predicted molar refractivity (Wildman–Crippen MR) is 457 cm³/mol. The van der Waals surface area contributed by atoms with E-state index in [0.717, 1.165) is 68.5 Å². The van der Waals surface area contributed by atoms with E-state index in [-0.39, 0.29) is 0 Å². The molecule has 6 nitrogen and oxygen atoms in total. The van der Waals surface area contributed by atoms with Gasteiger partial charge in [-0.3, -0.25) is 0 Å². The highest BCUT2D eigenvalue weighted by molar-refractivity contribution is 7.26. The van der Waals surface area contributed by atoms with E-state index in [4.69, 9.17) is 9.47 Å². The molecule has 0 amide bonds. The maximum Gasteiger partial charge on any atom is 0.198 e. The Morgan fingerprint density at radius 3 is 0.645 bits per heavy atom. The molecule has 15 aromatic carbocycles. The number of ether oxygens (including phenoxy) is 2. The molecule has 0 N–H and O–H groups in total. The Kier molecular flexibility index (Phi) is 11.4. The van der Waals surface area contributed by atoms with Gasteiger partial charge in [0.2, 0.25) is 0 Å². The van der Waals surface area contributed by atoms with Gasteiger partial charge < -0.3 is 29.1 Å². The normalized spacial score (nSPS) is 17.2. The predicted octanol–water partition coefficient (Wildman–Crippen LogP) is 21.0. The fraction of sp³-hybridized carbons (Fsp3) is 0.118. The van der Waals surface area contributed by atoms with Gasteiger partial charge in [-0.05, 0) is 150 Å². The summed E-state index contributed by atoms with van der Waals surface area (Å²) >= 11 is 0. The van der Waals surface area contributed by atoms with E-state index < -0.39 is 37.8 Å². The Morgan fingerprint density at radius 1 is 0.218 bits per heavy atom. The molecule has 0 fully saturated rings. The number of nitrogens with zero attached hydrogens (tertiary/aromatic N) is 4. The number of anilines is 12. The lowest BCUT2D eigenvalue weighted by Crippen LogP contribution is -2.83. The molecule has 0 saturated heterocycles. The van der Waals surface area contributed by atoms with Gasteiger partial charge in [0, 0.05) is 97.8 Å². The van der Waals surface area contributed by atoms with E-state index in [1.807, 2.05) is 0 Å². The van der Waals surface area contributed by atoms with Crippen LogP contribution < -0.4 is 70.6 Å². The summed E-state index contributed by atoms with van der Waals surface area (Å²) in [6.07, 6.45) is 0. The van der Waals surface area contributed by atoms with Crippen LogP contribution in [0.1, 0.15) is 99.9 Å². The monoisotopic (exact) mass is 1440 g/mol. The zero-order valence-corrected chi connectivity index (χ0v) is 64.5. The van der Waals surface area contributed by atoms with Crippen molar-refractivity contribution in [3.63, 3.8) is 0 Å². The molecule has 0 bridgehead atoms. The molecule has 0 atom stereocenters. The molecule has 0 unspecified atom stereocenters. The van der Waals surface area contributed by atoms with Crippen molar-refractivity contribution in [1.82, 2.24) is 0 Å². The zero-order valence-electron chi connectivity index (χ0n) is 62.5. The fourth-order valence-electron chi connectivity index (χ4n) is 23.4. The van der Waals surface area contributed by atoms with Crippen LogP contribution in [-0.2, 0) is 21.7 Å². The first kappa shape index (κ1) is 61.5. The van der Waals surface area contributed by atoms with Crippen LogP contribution in [0.15, 0.2) is 303 Å². The number of hydrogen-bond acceptors (Lipinski definition) is 6. The summed E-state index contributed by atoms with van der Waals surface area (Å²) in [4.78, 5) is 11.2. The Labute approximate surface area is 643 Å². The molecular weight excluding hydrogens is 1370 g/mol. The van der Waals surface area contributed by atoms with Gasteiger partial charge in [0.25, 0.3) is 0 Å². The first-order valence-electron chi connectivity index (χ1n) is 39.1. The second-order valence-corrected chi connectivity index (χ2v) is 41.2. The van der Waals surface area contributed by atoms with Crippen molar-refractivity contribution in [3.05, 3.63) is 348 Å². The minimum Gasteiger partial charge on any atom is -0.457 e. The third-order valence-electron chi connectivity index (χ3n) is 27.5. The fourth-order valence-corrected chi connectivity index (χ4v) is 34.7. The molecule has 15 aromatic rings. The summed E-state index contributed by atoms with van der Waals surface area (Å²) in [6.45, 7) is 19.7. The molecule has 0 spiro atoms. The Balaban J connectivity index is 1.01. The van der Waals surface area contributed by atoms with Crippen LogP contribution in [0.3, 0.4) is 0 Å². The number of para-hydroxylation sites is 4. The Hall–Kier alpha value is -12.5. The second-order valence-electron chi connectivity index (χ2n) is 34.0. The minimum absolute atomic E-state index is 0.485. The maximum atomic E-state index is 8.78. The molecule has 6 aliphatic heterocycles. The van der Waals surface area contributed by atoms with Crippen LogP contribution >= 0.6 is 0 Å². The molecule has 0 radical (unpaired) electrons. The van der Waals surface area contributed by atoms with Gasteiger partial charge in [-0.1, -0.05) is 286 Å². The SMILES string of the molecule is CC1(C)c2ccccc2-c2cc3c4c(c21)Oc1c2c(cc5c1[Si]4(c1ccccc1)c1c(c4c6c(c1N5c1ccccc1)N(c1ccccc1)c1cc5c(c7c1[Si]6(c1ccccc1)c1c(cc6c(c1O7)C(C)(C)c1ccccc1-6)N4c1ccccc1)C(C)(C)c1ccccc1-5)N3c1ccccc1)-c1ccccc1C2(C)C. The molecule has 0 saturated carbocycles. The number of rotatable bonds is 6. The third kappa shape index (κ3) is 6.91. The molecule has 0 aromatic heterocycles. The lowest BCUT2D eigenvalue weighted by molar-refractivity contribution is 0.453. The third-order valence-corrected chi connectivity index (χ3v) is 37.3. The summed E-state index contributed by atoms with van der Waals surface area (Å²) in [5.41, 5.74) is 31.7. The van der Waals surface area contributed by atoms with Gasteiger partial charge in [0.05, 0.1) is 45.5 Å². The summed E-state index contributed by atoms with van der Waals surface area (Å²) in [6, 6.07) is 118. The molecular formula is C102H74N4O2Si2. The zero-order chi connectivity index (χ0) is 73.2. The smallest absolute Gasteiger partial charge is 0.198 e. The Bertz CT molecular complexity index is 5970. The van der Waals surface area contributed by atoms with Crippen molar-refractivity contribution < 1.29 is 9.47 Å². The first-order valence-corrected chi connectivity index (χ1v) is 43.1. The number of fused-ring (bicyclic) bond motifs is 18. The topological polar surface area (TPSA) is 31.4 Å². The van der Waals surface area contributed by atoms with Crippen LogP contribution in [0.5, 0.6) is 23.0 Å². The molecule has 10 aliphatic rings. The van der Waals surface area contributed by atoms with E-state index in [1.165, 1.54) is 153 Å². The van der Waals surface area contributed by atoms with Crippen molar-refractivity contribution in [3.8, 4) is 67.5 Å². The minimum atomic E-state index is -4.09. The summed E-state index contributed by atoms with van der Waals surface area (Å²) in [7, 11) is -8.17. The van der Waals surface area contributed by atoms with Crippen LogP contribution in [0.2, 0.25) is 0 Å². The lowest BCUT2D eigenvalue weighted by Gasteiger charge is -2.60. The van der Waals surface area contributed by atoms with Crippen molar-refractivity contribution in [2.45, 2.75) is 77.0 Å². The quantitative estimate of drug-likeness (QED) is 0.154. The second kappa shape index (κ2) is 20.5. The van der Waals surface area contributed by atoms with E-state index >= 15 is 0 Å². The van der Waals surface area contributed by atoms with Crippen LogP contribution in [-0.4, -0.2) is 16.1 Å². The molecule has 522 valence electrons. The largest absolute Gasteiger partial charge is 0.457 e. The number of benzene rings is 15. The highest BCUT2D eigenvalue weighted by atomic mass is 28.3. The molecule has 6 heterocycles. The van der Waals surface area contributed by atoms with Crippen LogP contribution in [0, 0.1) is 0 Å². The van der Waals surface area contributed by atoms with Gasteiger partial charge in [-0.25, -0.2) is 0 Å². The van der Waals surface area contributed by atoms with Crippen molar-refractivity contribution in [2.75, 3.05) is 19.6 Å². The van der Waals surface area contributed by atoms with E-state index in [9.17, 15) is 0 Å². The summed E-state index contributed by atoms with van der Waals surface area (Å²) in [5.74, 6) is 3.96. The molecule has 25 rings (SSSR count). The standard InChI is InChI=1S/C102H74N4O2Si2/c1-99(2)73-51-31-27-47-65(73)69-55-77-93-89(81(69)99)107-90-82-70(66-48-28-32-52-74(66)100(82,3)4)56-78-94(90)109(93,63-43-23-13-24-44-63)97-85(103(77)59-35-15-9-16-36-59)87-98-88(86(97)104(78)60-37-17-10-18-38-60)106(62-41-21-12-22-42-62)80-58-72-68-50-30-34-54-76(68)102(7,8)84(72)92-96(80)110(98,64-45-25-14-26-46-64)95-79(105(87)61-39-19-11-20-40-61)57-71-67-49-29-33-53-75(67)101(5,6)83(71)91(95)108-92/h9-58H,1-8H3. The highest BCUT2D eigenvalue weighted by Crippen LogP contribution is 2.69. The Morgan fingerprint density at radius 2 is 0.418 bits per heavy atom. The van der Waals surface area contributed by atoms with E-state index in [0.29, 0.717) is 0 Å². The van der Waals surface area contributed by atoms with Crippen molar-refractivity contribution >= 4 is 126 Å². The molecule has 110 heavy (non-hydrogen) atoms. The lowest BCUT2D eigenvalue weighted by atomic mass is 9.81. The molecule has 8 heteroatoms. The summed E-state index contributed by atoms with van der Waals surface area (Å²) in [5, 5.41) is 10.4. The van der Waals surface area contributed by atoms with Crippen LogP contribution in [0.4, 0.5) is 68.2 Å². The highest BCUT2D eigenvalue weighted by Gasteiger charge is 2.70. The van der Waals surface area contributed by atoms with Crippen molar-refractivity contribution in [2.24, 2.45) is 0 Å². The van der Waals surface area contributed by atoms with Gasteiger partial charge in [0.15, 0.2) is 16.1 Å². The van der Waals surface area contributed by atoms with E-state index in [2.05, 4.69) is 378 Å². The summed E-state index contributed by atoms with van der Waals surface area (Å²) < 4.78 is 17.6. The number of hydrogen-bond donors (Lipinski definition) is 0. The van der Waals surface area contributed by atoms with Gasteiger partial charge in [-0.15, -0.1) is 0 Å². The van der Waals surface area contributed by atoms with Gasteiger partial charge in [-0.2, -0.15) is 0 Å². The van der Waals surface area contributed by atoms with Gasteiger partial charge >= 0.3 is 0 Å². The van der Waals surface area contributed by atoms with E-state index in [1.54, 1.807) is 0 Å².